The van der Waals surface area contributed by atoms with Crippen molar-refractivity contribution in [2.75, 3.05) is 0 Å². The number of hydrogen-bond donors (Lipinski definition) is 0. The van der Waals surface area contributed by atoms with Gasteiger partial charge in [0, 0.05) is 21.5 Å². The number of halogens is 1. The summed E-state index contributed by atoms with van der Waals surface area (Å²) in [5.41, 5.74) is 2.11. The van der Waals surface area contributed by atoms with Crippen LogP contribution in [0.5, 0.6) is 5.75 Å². The average molecular weight is 345 g/mol. The molecule has 4 heteroatoms. The predicted molar refractivity (Wildman–Crippen MR) is 85.7 cm³/mol. The maximum absolute atomic E-state index is 11.6. The van der Waals surface area contributed by atoms with E-state index < -0.39 is 0 Å². The van der Waals surface area contributed by atoms with E-state index in [4.69, 9.17) is 9.15 Å². The molecule has 0 fully saturated rings. The Morgan fingerprint density at radius 3 is 2.62 bits per heavy atom. The number of ether oxygens (including phenoxy) is 1. The van der Waals surface area contributed by atoms with Gasteiger partial charge >= 0.3 is 5.63 Å². The Kier molecular flexibility index (Phi) is 3.80. The summed E-state index contributed by atoms with van der Waals surface area (Å²) >= 11 is 3.38. The van der Waals surface area contributed by atoms with Gasteiger partial charge in [0.15, 0.2) is 0 Å². The Labute approximate surface area is 130 Å². The molecule has 1 heterocycles. The van der Waals surface area contributed by atoms with E-state index in [1.807, 2.05) is 49.4 Å². The molecule has 0 saturated heterocycles. The molecule has 21 heavy (non-hydrogen) atoms. The Morgan fingerprint density at radius 2 is 1.86 bits per heavy atom. The number of rotatable bonds is 3. The van der Waals surface area contributed by atoms with E-state index in [0.717, 1.165) is 26.7 Å². The van der Waals surface area contributed by atoms with Crippen molar-refractivity contribution in [2.45, 2.75) is 13.5 Å². The quantitative estimate of drug-likeness (QED) is 0.659. The second kappa shape index (κ2) is 5.74. The van der Waals surface area contributed by atoms with Gasteiger partial charge in [0.1, 0.15) is 17.9 Å². The maximum Gasteiger partial charge on any atom is 0.336 e. The largest absolute Gasteiger partial charge is 0.489 e. The molecule has 0 radical (unpaired) electrons. The van der Waals surface area contributed by atoms with Crippen LogP contribution in [0.1, 0.15) is 11.1 Å². The molecule has 106 valence electrons. The highest BCUT2D eigenvalue weighted by atomic mass is 79.9. The zero-order valence-electron chi connectivity index (χ0n) is 11.4. The van der Waals surface area contributed by atoms with Crippen LogP contribution in [0.4, 0.5) is 0 Å². The predicted octanol–water partition coefficient (Wildman–Crippen LogP) is 4.44. The van der Waals surface area contributed by atoms with Gasteiger partial charge in [0.05, 0.1) is 0 Å². The standard InChI is InChI=1S/C17H13BrO3/c1-11-2-7-15-12(9-17(19)21-16(15)8-11)10-20-14-5-3-13(18)4-6-14/h2-9H,10H2,1H3. The van der Waals surface area contributed by atoms with Gasteiger partial charge in [-0.25, -0.2) is 4.79 Å². The molecule has 0 amide bonds. The van der Waals surface area contributed by atoms with Crippen LogP contribution in [-0.4, -0.2) is 0 Å². The first-order valence-electron chi connectivity index (χ1n) is 6.53. The summed E-state index contributed by atoms with van der Waals surface area (Å²) in [6.07, 6.45) is 0. The number of fused-ring (bicyclic) bond motifs is 1. The summed E-state index contributed by atoms with van der Waals surface area (Å²) in [7, 11) is 0. The van der Waals surface area contributed by atoms with Crippen LogP contribution < -0.4 is 10.4 Å². The molecule has 0 N–H and O–H groups in total. The molecule has 2 aromatic carbocycles. The van der Waals surface area contributed by atoms with Crippen LogP contribution in [0.15, 0.2) is 62.2 Å². The first kappa shape index (κ1) is 13.9. The molecule has 0 aliphatic heterocycles. The van der Waals surface area contributed by atoms with Gasteiger partial charge in [-0.3, -0.25) is 0 Å². The molecular formula is C17H13BrO3. The molecule has 3 nitrogen and oxygen atoms in total. The lowest BCUT2D eigenvalue weighted by atomic mass is 10.1. The average Bonchev–Trinajstić information content (AvgIpc) is 2.45. The summed E-state index contributed by atoms with van der Waals surface area (Å²) in [5, 5.41) is 0.900. The summed E-state index contributed by atoms with van der Waals surface area (Å²) in [6, 6.07) is 14.9. The fraction of sp³-hybridized carbons (Fsp3) is 0.118. The Balaban J connectivity index is 1.93. The number of benzene rings is 2. The lowest BCUT2D eigenvalue weighted by molar-refractivity contribution is 0.306. The lowest BCUT2D eigenvalue weighted by Gasteiger charge is -2.08. The molecule has 0 atom stereocenters. The van der Waals surface area contributed by atoms with E-state index in [1.165, 1.54) is 6.07 Å². The lowest BCUT2D eigenvalue weighted by Crippen LogP contribution is -2.04. The number of aryl methyl sites for hydroxylation is 1. The second-order valence-electron chi connectivity index (χ2n) is 4.83. The first-order chi connectivity index (χ1) is 10.1. The molecule has 0 aliphatic rings. The zero-order chi connectivity index (χ0) is 14.8. The van der Waals surface area contributed by atoms with Crippen LogP contribution in [0.25, 0.3) is 11.0 Å². The third kappa shape index (κ3) is 3.16. The van der Waals surface area contributed by atoms with E-state index in [9.17, 15) is 4.79 Å². The van der Waals surface area contributed by atoms with Crippen LogP contribution >= 0.6 is 15.9 Å². The van der Waals surface area contributed by atoms with E-state index >= 15 is 0 Å². The molecular weight excluding hydrogens is 332 g/mol. The molecule has 3 aromatic rings. The van der Waals surface area contributed by atoms with Crippen molar-refractivity contribution in [2.24, 2.45) is 0 Å². The molecule has 0 saturated carbocycles. The number of hydrogen-bond acceptors (Lipinski definition) is 3. The van der Waals surface area contributed by atoms with E-state index in [0.29, 0.717) is 12.2 Å². The highest BCUT2D eigenvalue weighted by Crippen LogP contribution is 2.21. The molecule has 0 unspecified atom stereocenters. The van der Waals surface area contributed by atoms with Gasteiger partial charge < -0.3 is 9.15 Å². The molecule has 0 spiro atoms. The van der Waals surface area contributed by atoms with Crippen molar-refractivity contribution < 1.29 is 9.15 Å². The molecule has 0 aliphatic carbocycles. The van der Waals surface area contributed by atoms with Crippen molar-refractivity contribution >= 4 is 26.9 Å². The van der Waals surface area contributed by atoms with Gasteiger partial charge in [-0.2, -0.15) is 0 Å². The fourth-order valence-electron chi connectivity index (χ4n) is 2.15. The Morgan fingerprint density at radius 1 is 1.10 bits per heavy atom. The van der Waals surface area contributed by atoms with Crippen LogP contribution in [-0.2, 0) is 6.61 Å². The van der Waals surface area contributed by atoms with E-state index in [-0.39, 0.29) is 5.63 Å². The third-order valence-electron chi connectivity index (χ3n) is 3.19. The van der Waals surface area contributed by atoms with Crippen molar-refractivity contribution in [3.8, 4) is 5.75 Å². The van der Waals surface area contributed by atoms with Crippen molar-refractivity contribution in [1.29, 1.82) is 0 Å². The topological polar surface area (TPSA) is 39.4 Å². The van der Waals surface area contributed by atoms with E-state index in [1.54, 1.807) is 0 Å². The summed E-state index contributed by atoms with van der Waals surface area (Å²) in [6.45, 7) is 2.29. The van der Waals surface area contributed by atoms with Gasteiger partial charge in [-0.15, -0.1) is 0 Å². The van der Waals surface area contributed by atoms with Gasteiger partial charge in [-0.05, 0) is 42.8 Å². The maximum atomic E-state index is 11.6. The van der Waals surface area contributed by atoms with Crippen molar-refractivity contribution in [3.63, 3.8) is 0 Å². The van der Waals surface area contributed by atoms with Crippen LogP contribution in [0, 0.1) is 6.92 Å². The Bertz CT molecular complexity index is 835. The summed E-state index contributed by atoms with van der Waals surface area (Å²) < 4.78 is 12.0. The zero-order valence-corrected chi connectivity index (χ0v) is 13.0. The second-order valence-corrected chi connectivity index (χ2v) is 5.75. The van der Waals surface area contributed by atoms with Crippen molar-refractivity contribution in [1.82, 2.24) is 0 Å². The van der Waals surface area contributed by atoms with Gasteiger partial charge in [0.2, 0.25) is 0 Å². The van der Waals surface area contributed by atoms with Gasteiger partial charge in [0.25, 0.3) is 0 Å². The minimum absolute atomic E-state index is 0.326. The summed E-state index contributed by atoms with van der Waals surface area (Å²) in [5.74, 6) is 0.756. The monoisotopic (exact) mass is 344 g/mol. The third-order valence-corrected chi connectivity index (χ3v) is 3.72. The minimum Gasteiger partial charge on any atom is -0.489 e. The van der Waals surface area contributed by atoms with Crippen molar-refractivity contribution in [3.05, 3.63) is 74.6 Å². The fourth-order valence-corrected chi connectivity index (χ4v) is 2.41. The first-order valence-corrected chi connectivity index (χ1v) is 7.33. The smallest absolute Gasteiger partial charge is 0.336 e. The normalized spacial score (nSPS) is 10.8. The molecule has 1 aromatic heterocycles. The van der Waals surface area contributed by atoms with Crippen LogP contribution in [0.2, 0.25) is 0 Å². The molecule has 3 rings (SSSR count). The highest BCUT2D eigenvalue weighted by Gasteiger charge is 2.06. The van der Waals surface area contributed by atoms with Crippen LogP contribution in [0.3, 0.4) is 0 Å². The minimum atomic E-state index is -0.359. The van der Waals surface area contributed by atoms with Gasteiger partial charge in [-0.1, -0.05) is 28.1 Å². The summed E-state index contributed by atoms with van der Waals surface area (Å²) in [4.78, 5) is 11.6. The SMILES string of the molecule is Cc1ccc2c(COc3ccc(Br)cc3)cc(=O)oc2c1. The Hall–Kier alpha value is -2.07. The highest BCUT2D eigenvalue weighted by molar-refractivity contribution is 9.10. The van der Waals surface area contributed by atoms with E-state index in [2.05, 4.69) is 15.9 Å². The molecule has 0 bridgehead atoms.